The summed E-state index contributed by atoms with van der Waals surface area (Å²) in [5.74, 6) is -5.52. The Labute approximate surface area is 73.2 Å². The monoisotopic (exact) mass is 188 g/mol. The lowest BCUT2D eigenvalue weighted by atomic mass is 9.97. The second-order valence-corrected chi connectivity index (χ2v) is 2.37. The topological polar surface area (TPSA) is 109 Å². The summed E-state index contributed by atoms with van der Waals surface area (Å²) in [5, 5.41) is 16.5. The molecule has 0 amide bonds. The summed E-state index contributed by atoms with van der Waals surface area (Å²) < 4.78 is 0. The number of carbonyl (C=O) groups excluding carboxylic acids is 2. The van der Waals surface area contributed by atoms with Crippen LogP contribution >= 0.6 is 0 Å². The van der Waals surface area contributed by atoms with Crippen LogP contribution in [-0.2, 0) is 19.2 Å². The van der Waals surface area contributed by atoms with Crippen LogP contribution in [0.15, 0.2) is 0 Å². The van der Waals surface area contributed by atoms with Gasteiger partial charge in [0.25, 0.3) is 0 Å². The number of Topliss-reactive ketones (excluding diaryl/α,β-unsaturated/α-hetero) is 1. The lowest BCUT2D eigenvalue weighted by molar-refractivity contribution is -0.152. The van der Waals surface area contributed by atoms with Crippen LogP contribution < -0.4 is 0 Å². The molecule has 72 valence electrons. The summed E-state index contributed by atoms with van der Waals surface area (Å²) >= 11 is 0. The molecule has 1 atom stereocenters. The van der Waals surface area contributed by atoms with Gasteiger partial charge >= 0.3 is 11.9 Å². The van der Waals surface area contributed by atoms with E-state index in [2.05, 4.69) is 0 Å². The van der Waals surface area contributed by atoms with Crippen molar-refractivity contribution in [1.29, 1.82) is 0 Å². The Bertz CT molecular complexity index is 243. The van der Waals surface area contributed by atoms with E-state index in [1.165, 1.54) is 0 Å². The van der Waals surface area contributed by atoms with Crippen molar-refractivity contribution in [2.45, 2.75) is 12.8 Å². The molecule has 0 aromatic rings. The molecule has 13 heavy (non-hydrogen) atoms. The molecule has 0 saturated heterocycles. The van der Waals surface area contributed by atoms with Crippen molar-refractivity contribution in [2.75, 3.05) is 0 Å². The van der Waals surface area contributed by atoms with Gasteiger partial charge in [-0.1, -0.05) is 0 Å². The Balaban J connectivity index is 4.40. The number of hydrogen-bond donors (Lipinski definition) is 2. The van der Waals surface area contributed by atoms with Gasteiger partial charge in [0.1, 0.15) is 6.29 Å². The average molecular weight is 188 g/mol. The molecule has 0 aromatic carbocycles. The number of carboxylic acid groups (broad SMARTS) is 2. The molecule has 1 unspecified atom stereocenters. The minimum absolute atomic E-state index is 0.328. The Morgan fingerprint density at radius 1 is 1.23 bits per heavy atom. The SMILES string of the molecule is O=CCC(CC(=O)O)C(=O)C(=O)O. The van der Waals surface area contributed by atoms with Crippen molar-refractivity contribution in [3.05, 3.63) is 0 Å². The van der Waals surface area contributed by atoms with Gasteiger partial charge in [-0.15, -0.1) is 0 Å². The Morgan fingerprint density at radius 2 is 1.77 bits per heavy atom. The fourth-order valence-electron chi connectivity index (χ4n) is 0.785. The van der Waals surface area contributed by atoms with Crippen molar-refractivity contribution in [1.82, 2.24) is 0 Å². The maximum atomic E-state index is 10.7. The first-order valence-electron chi connectivity index (χ1n) is 3.41. The van der Waals surface area contributed by atoms with E-state index in [0.717, 1.165) is 0 Å². The number of aliphatic carboxylic acids is 2. The molecule has 2 N–H and O–H groups in total. The van der Waals surface area contributed by atoms with Gasteiger partial charge < -0.3 is 15.0 Å². The van der Waals surface area contributed by atoms with E-state index in [-0.39, 0.29) is 6.42 Å². The standard InChI is InChI=1S/C7H8O6/c8-2-1-4(3-5(9)10)6(11)7(12)13/h2,4H,1,3H2,(H,9,10)(H,12,13). The first kappa shape index (κ1) is 11.3. The predicted molar refractivity (Wildman–Crippen MR) is 39.1 cm³/mol. The minimum atomic E-state index is -1.71. The zero-order valence-corrected chi connectivity index (χ0v) is 6.60. The van der Waals surface area contributed by atoms with E-state index in [1.54, 1.807) is 0 Å². The molecule has 6 nitrogen and oxygen atoms in total. The summed E-state index contributed by atoms with van der Waals surface area (Å²) in [6, 6.07) is 0. The highest BCUT2D eigenvalue weighted by molar-refractivity contribution is 6.34. The molecule has 0 heterocycles. The van der Waals surface area contributed by atoms with E-state index < -0.39 is 30.1 Å². The summed E-state index contributed by atoms with van der Waals surface area (Å²) in [4.78, 5) is 41.0. The Hall–Kier alpha value is -1.72. The number of aldehydes is 1. The van der Waals surface area contributed by atoms with E-state index in [0.29, 0.717) is 6.29 Å². The fraction of sp³-hybridized carbons (Fsp3) is 0.429. The highest BCUT2D eigenvalue weighted by atomic mass is 16.4. The number of carboxylic acids is 2. The Morgan fingerprint density at radius 3 is 2.08 bits per heavy atom. The maximum Gasteiger partial charge on any atom is 0.372 e. The molecule has 0 aliphatic rings. The van der Waals surface area contributed by atoms with E-state index in [9.17, 15) is 19.2 Å². The van der Waals surface area contributed by atoms with Gasteiger partial charge in [0.05, 0.1) is 6.42 Å². The number of ketones is 1. The Kier molecular flexibility index (Phi) is 4.36. The molecule has 0 aliphatic heterocycles. The molecule has 0 bridgehead atoms. The van der Waals surface area contributed by atoms with Crippen LogP contribution in [0.2, 0.25) is 0 Å². The predicted octanol–water partition coefficient (Wildman–Crippen LogP) is -0.680. The molecule has 0 aliphatic carbocycles. The van der Waals surface area contributed by atoms with Gasteiger partial charge in [-0.05, 0) is 0 Å². The second-order valence-electron chi connectivity index (χ2n) is 2.37. The number of carbonyl (C=O) groups is 4. The largest absolute Gasteiger partial charge is 0.481 e. The third kappa shape index (κ3) is 4.00. The molecule has 0 saturated carbocycles. The van der Waals surface area contributed by atoms with Gasteiger partial charge in [0, 0.05) is 12.3 Å². The van der Waals surface area contributed by atoms with Crippen molar-refractivity contribution < 1.29 is 29.4 Å². The third-order valence-corrected chi connectivity index (χ3v) is 1.38. The van der Waals surface area contributed by atoms with Crippen LogP contribution in [0.1, 0.15) is 12.8 Å². The van der Waals surface area contributed by atoms with Crippen LogP contribution in [0.5, 0.6) is 0 Å². The summed E-state index contributed by atoms with van der Waals surface area (Å²) in [7, 11) is 0. The highest BCUT2D eigenvalue weighted by Crippen LogP contribution is 2.08. The van der Waals surface area contributed by atoms with Gasteiger partial charge in [-0.25, -0.2) is 4.79 Å². The smallest absolute Gasteiger partial charge is 0.372 e. The molecule has 0 fully saturated rings. The van der Waals surface area contributed by atoms with Gasteiger partial charge in [0.15, 0.2) is 0 Å². The van der Waals surface area contributed by atoms with Crippen LogP contribution in [-0.4, -0.2) is 34.2 Å². The first-order chi connectivity index (χ1) is 5.99. The van der Waals surface area contributed by atoms with Crippen LogP contribution in [0.25, 0.3) is 0 Å². The van der Waals surface area contributed by atoms with E-state index in [1.807, 2.05) is 0 Å². The molecule has 0 rings (SSSR count). The van der Waals surface area contributed by atoms with Crippen LogP contribution in [0.4, 0.5) is 0 Å². The molecule has 0 radical (unpaired) electrons. The lowest BCUT2D eigenvalue weighted by Gasteiger charge is -2.05. The van der Waals surface area contributed by atoms with E-state index in [4.69, 9.17) is 10.2 Å². The number of hydrogen-bond acceptors (Lipinski definition) is 4. The molecule has 0 spiro atoms. The second kappa shape index (κ2) is 5.02. The third-order valence-electron chi connectivity index (χ3n) is 1.38. The zero-order valence-electron chi connectivity index (χ0n) is 6.60. The summed E-state index contributed by atoms with van der Waals surface area (Å²) in [6.45, 7) is 0. The van der Waals surface area contributed by atoms with Gasteiger partial charge in [0.2, 0.25) is 5.78 Å². The normalized spacial score (nSPS) is 11.7. The molecular weight excluding hydrogens is 180 g/mol. The van der Waals surface area contributed by atoms with Gasteiger partial charge in [-0.2, -0.15) is 0 Å². The van der Waals surface area contributed by atoms with Gasteiger partial charge in [-0.3, -0.25) is 9.59 Å². The molecular formula is C7H8O6. The molecule has 0 aromatic heterocycles. The van der Waals surface area contributed by atoms with Crippen molar-refractivity contribution in [3.63, 3.8) is 0 Å². The number of rotatable bonds is 6. The quantitative estimate of drug-likeness (QED) is 0.422. The fourth-order valence-corrected chi connectivity index (χ4v) is 0.785. The highest BCUT2D eigenvalue weighted by Gasteiger charge is 2.26. The summed E-state index contributed by atoms with van der Waals surface area (Å²) in [5.41, 5.74) is 0. The zero-order chi connectivity index (χ0) is 10.4. The first-order valence-corrected chi connectivity index (χ1v) is 3.41. The van der Waals surface area contributed by atoms with Crippen molar-refractivity contribution in [3.8, 4) is 0 Å². The lowest BCUT2D eigenvalue weighted by Crippen LogP contribution is -2.25. The van der Waals surface area contributed by atoms with Crippen LogP contribution in [0, 0.1) is 5.92 Å². The molecule has 6 heteroatoms. The van der Waals surface area contributed by atoms with Crippen molar-refractivity contribution >= 4 is 24.0 Å². The average Bonchev–Trinajstić information content (AvgIpc) is 2.01. The van der Waals surface area contributed by atoms with E-state index >= 15 is 0 Å². The van der Waals surface area contributed by atoms with Crippen LogP contribution in [0.3, 0.4) is 0 Å². The van der Waals surface area contributed by atoms with Crippen molar-refractivity contribution in [2.24, 2.45) is 5.92 Å². The maximum absolute atomic E-state index is 10.7. The minimum Gasteiger partial charge on any atom is -0.481 e. The summed E-state index contributed by atoms with van der Waals surface area (Å²) in [6.07, 6.45) is -0.685.